The van der Waals surface area contributed by atoms with Crippen LogP contribution in [0.15, 0.2) is 60.7 Å². The molecule has 2 rings (SSSR count). The Morgan fingerprint density at radius 3 is 1.55 bits per heavy atom. The van der Waals surface area contributed by atoms with Crippen molar-refractivity contribution < 1.29 is 27.9 Å². The van der Waals surface area contributed by atoms with Crippen LogP contribution in [-0.4, -0.2) is 24.5 Å². The molecule has 0 heterocycles. The molecule has 0 N–H and O–H groups in total. The molecule has 1 unspecified atom stereocenters. The molecular weight excluding hydrogens is 499 g/mol. The number of aldehydes is 1. The van der Waals surface area contributed by atoms with Crippen molar-refractivity contribution in [3.05, 3.63) is 60.7 Å². The molecule has 0 aliphatic heterocycles. The second-order valence-corrected chi connectivity index (χ2v) is 11.7. The van der Waals surface area contributed by atoms with Crippen LogP contribution >= 0.6 is 7.60 Å². The summed E-state index contributed by atoms with van der Waals surface area (Å²) in [7, 11) is -3.94. The van der Waals surface area contributed by atoms with Crippen molar-refractivity contribution in [2.45, 2.75) is 102 Å². The molecule has 0 saturated carbocycles. The van der Waals surface area contributed by atoms with Crippen LogP contribution in [0.1, 0.15) is 96.8 Å². The molecular formula is C31H45O6P. The monoisotopic (exact) mass is 544 g/mol. The number of para-hydroxylation sites is 2. The second kappa shape index (κ2) is 19.5. The lowest BCUT2D eigenvalue weighted by Gasteiger charge is -2.26. The lowest BCUT2D eigenvalue weighted by molar-refractivity contribution is -0.143. The van der Waals surface area contributed by atoms with Gasteiger partial charge in [-0.1, -0.05) is 107 Å². The van der Waals surface area contributed by atoms with Crippen molar-refractivity contribution >= 4 is 19.9 Å². The highest BCUT2D eigenvalue weighted by Gasteiger charge is 2.45. The molecule has 0 fully saturated rings. The van der Waals surface area contributed by atoms with Gasteiger partial charge in [0.25, 0.3) is 0 Å². The van der Waals surface area contributed by atoms with Crippen LogP contribution in [0.3, 0.4) is 0 Å². The maximum atomic E-state index is 14.2. The first-order chi connectivity index (χ1) is 18.6. The van der Waals surface area contributed by atoms with Crippen LogP contribution in [0, 0.1) is 0 Å². The number of unbranched alkanes of at least 4 members (excludes halogenated alkanes) is 12. The molecule has 2 aromatic carbocycles. The van der Waals surface area contributed by atoms with E-state index in [1.807, 2.05) is 12.1 Å². The van der Waals surface area contributed by atoms with Gasteiger partial charge in [0.05, 0.1) is 6.61 Å². The Morgan fingerprint density at radius 1 is 0.711 bits per heavy atom. The van der Waals surface area contributed by atoms with E-state index in [0.717, 1.165) is 44.8 Å². The third-order valence-electron chi connectivity index (χ3n) is 6.44. The summed E-state index contributed by atoms with van der Waals surface area (Å²) in [6.45, 7) is 1.94. The van der Waals surface area contributed by atoms with Gasteiger partial charge < -0.3 is 18.6 Å². The molecule has 1 atom stereocenters. The van der Waals surface area contributed by atoms with Gasteiger partial charge >= 0.3 is 13.6 Å². The molecule has 7 heteroatoms. The van der Waals surface area contributed by atoms with E-state index < -0.39 is 19.2 Å². The number of rotatable bonds is 22. The predicted octanol–water partition coefficient (Wildman–Crippen LogP) is 8.93. The molecule has 0 aliphatic rings. The van der Waals surface area contributed by atoms with E-state index in [1.165, 1.54) is 38.5 Å². The van der Waals surface area contributed by atoms with Gasteiger partial charge in [0, 0.05) is 6.42 Å². The predicted molar refractivity (Wildman–Crippen MR) is 153 cm³/mol. The number of hydrogen-bond acceptors (Lipinski definition) is 6. The minimum atomic E-state index is -3.94. The molecule has 0 spiro atoms. The number of hydrogen-bond donors (Lipinski definition) is 0. The zero-order valence-electron chi connectivity index (χ0n) is 22.9. The highest BCUT2D eigenvalue weighted by Crippen LogP contribution is 2.54. The Labute approximate surface area is 229 Å². The van der Waals surface area contributed by atoms with Crippen molar-refractivity contribution in [3.8, 4) is 11.5 Å². The summed E-state index contributed by atoms with van der Waals surface area (Å²) in [6, 6.07) is 17.7. The SMILES string of the molecule is CCOC(=O)C(CCCCCCCCCCCCCCC=O)P(=O)(Oc1ccccc1)Oc1ccccc1. The Morgan fingerprint density at radius 2 is 1.13 bits per heavy atom. The van der Waals surface area contributed by atoms with Gasteiger partial charge in [-0.25, -0.2) is 4.57 Å². The number of carbonyl (C=O) groups excluding carboxylic acids is 2. The average Bonchev–Trinajstić information content (AvgIpc) is 2.92. The number of esters is 1. The summed E-state index contributed by atoms with van der Waals surface area (Å²) >= 11 is 0. The van der Waals surface area contributed by atoms with Crippen LogP contribution in [-0.2, 0) is 18.9 Å². The lowest BCUT2D eigenvalue weighted by atomic mass is 10.0. The molecule has 210 valence electrons. The number of benzene rings is 2. The van der Waals surface area contributed by atoms with Gasteiger partial charge in [-0.2, -0.15) is 0 Å². The highest BCUT2D eigenvalue weighted by molar-refractivity contribution is 7.56. The largest absolute Gasteiger partial charge is 0.465 e. The van der Waals surface area contributed by atoms with Gasteiger partial charge in [0.1, 0.15) is 17.8 Å². The van der Waals surface area contributed by atoms with Gasteiger partial charge in [-0.3, -0.25) is 4.79 Å². The van der Waals surface area contributed by atoms with Crippen LogP contribution in [0.4, 0.5) is 0 Å². The van der Waals surface area contributed by atoms with Gasteiger partial charge in [0.15, 0.2) is 5.66 Å². The van der Waals surface area contributed by atoms with Crippen molar-refractivity contribution in [1.29, 1.82) is 0 Å². The van der Waals surface area contributed by atoms with Crippen LogP contribution in [0.25, 0.3) is 0 Å². The summed E-state index contributed by atoms with van der Waals surface area (Å²) in [5.41, 5.74) is -1.01. The molecule has 0 bridgehead atoms. The summed E-state index contributed by atoms with van der Waals surface area (Å²) < 4.78 is 31.3. The minimum Gasteiger partial charge on any atom is -0.465 e. The van der Waals surface area contributed by atoms with E-state index in [-0.39, 0.29) is 6.61 Å². The molecule has 0 aliphatic carbocycles. The van der Waals surface area contributed by atoms with Crippen molar-refractivity contribution in [3.63, 3.8) is 0 Å². The van der Waals surface area contributed by atoms with Crippen LogP contribution in [0.2, 0.25) is 0 Å². The summed E-state index contributed by atoms with van der Waals surface area (Å²) in [4.78, 5) is 23.3. The number of carbonyl (C=O) groups is 2. The van der Waals surface area contributed by atoms with E-state index >= 15 is 0 Å². The maximum absolute atomic E-state index is 14.2. The molecule has 6 nitrogen and oxygen atoms in total. The standard InChI is InChI=1S/C31H45O6P/c1-2-35-31(33)30(26-20-12-10-8-6-4-3-5-7-9-11-13-21-27-32)38(34,36-28-22-16-14-17-23-28)37-29-24-18-15-19-25-29/h14-19,22-25,27,30H,2-13,20-21,26H2,1H3. The fraction of sp³-hybridized carbons (Fsp3) is 0.548. The van der Waals surface area contributed by atoms with Gasteiger partial charge in [0.2, 0.25) is 0 Å². The quantitative estimate of drug-likeness (QED) is 0.0637. The normalized spacial score (nSPS) is 12.0. The van der Waals surface area contributed by atoms with E-state index in [9.17, 15) is 14.2 Å². The first-order valence-corrected chi connectivity index (χ1v) is 15.9. The van der Waals surface area contributed by atoms with E-state index in [4.69, 9.17) is 13.8 Å². The smallest absolute Gasteiger partial charge is 0.445 e. The summed E-state index contributed by atoms with van der Waals surface area (Å²) in [5.74, 6) is 0.234. The zero-order valence-corrected chi connectivity index (χ0v) is 23.8. The van der Waals surface area contributed by atoms with Crippen molar-refractivity contribution in [2.75, 3.05) is 6.61 Å². The topological polar surface area (TPSA) is 78.9 Å². The Balaban J connectivity index is 1.84. The highest BCUT2D eigenvalue weighted by atomic mass is 31.2. The molecule has 0 saturated heterocycles. The molecule has 0 radical (unpaired) electrons. The second-order valence-electron chi connectivity index (χ2n) is 9.60. The molecule has 0 aromatic heterocycles. The van der Waals surface area contributed by atoms with Crippen LogP contribution < -0.4 is 9.05 Å². The van der Waals surface area contributed by atoms with Crippen molar-refractivity contribution in [1.82, 2.24) is 0 Å². The fourth-order valence-electron chi connectivity index (χ4n) is 4.38. The third-order valence-corrected chi connectivity index (χ3v) is 8.60. The molecule has 2 aromatic rings. The van der Waals surface area contributed by atoms with Gasteiger partial charge in [-0.15, -0.1) is 0 Å². The average molecular weight is 545 g/mol. The zero-order chi connectivity index (χ0) is 27.3. The van der Waals surface area contributed by atoms with E-state index in [2.05, 4.69) is 0 Å². The van der Waals surface area contributed by atoms with E-state index in [1.54, 1.807) is 55.5 Å². The molecule has 0 amide bonds. The summed E-state index contributed by atoms with van der Waals surface area (Å²) in [5, 5.41) is 0. The lowest BCUT2D eigenvalue weighted by Crippen LogP contribution is -2.28. The third kappa shape index (κ3) is 12.8. The Bertz CT molecular complexity index is 888. The van der Waals surface area contributed by atoms with Crippen LogP contribution in [0.5, 0.6) is 11.5 Å². The summed E-state index contributed by atoms with van der Waals surface area (Å²) in [6.07, 6.45) is 15.6. The Kier molecular flexibility index (Phi) is 16.2. The van der Waals surface area contributed by atoms with Gasteiger partial charge in [-0.05, 0) is 44.0 Å². The fourth-order valence-corrected chi connectivity index (χ4v) is 6.33. The first-order valence-electron chi connectivity index (χ1n) is 14.3. The number of ether oxygens (including phenoxy) is 1. The van der Waals surface area contributed by atoms with Crippen molar-refractivity contribution in [2.24, 2.45) is 0 Å². The maximum Gasteiger partial charge on any atom is 0.445 e. The van der Waals surface area contributed by atoms with E-state index in [0.29, 0.717) is 24.3 Å². The molecule has 38 heavy (non-hydrogen) atoms. The Hall–Kier alpha value is -2.59. The minimum absolute atomic E-state index is 0.199. The first kappa shape index (κ1) is 31.6.